The molecule has 1 aromatic carbocycles. The van der Waals surface area contributed by atoms with Gasteiger partial charge in [-0.15, -0.1) is 0 Å². The molecule has 1 heterocycles. The fraction of sp³-hybridized carbons (Fsp3) is 0.588. The third-order valence-electron chi connectivity index (χ3n) is 4.13. The largest absolute Gasteiger partial charge is 0.493 e. The summed E-state index contributed by atoms with van der Waals surface area (Å²) in [4.78, 5) is 14.2. The van der Waals surface area contributed by atoms with E-state index in [1.807, 2.05) is 30.0 Å². The molecule has 2 atom stereocenters. The number of likely N-dealkylation sites (tertiary alicyclic amines) is 1. The number of hydrogen-bond donors (Lipinski definition) is 1. The lowest BCUT2D eigenvalue weighted by Crippen LogP contribution is -2.48. The monoisotopic (exact) mass is 306 g/mol. The molecule has 0 aromatic heterocycles. The van der Waals surface area contributed by atoms with Crippen molar-refractivity contribution >= 4 is 5.91 Å². The van der Waals surface area contributed by atoms with Crippen molar-refractivity contribution in [2.75, 3.05) is 20.3 Å². The highest BCUT2D eigenvalue weighted by Gasteiger charge is 2.26. The lowest BCUT2D eigenvalue weighted by atomic mass is 9.99. The molecule has 1 saturated heterocycles. The lowest BCUT2D eigenvalue weighted by Gasteiger charge is -2.36. The van der Waals surface area contributed by atoms with E-state index in [0.717, 1.165) is 24.9 Å². The van der Waals surface area contributed by atoms with Gasteiger partial charge in [0.25, 0.3) is 0 Å². The number of piperidine rings is 1. The molecule has 2 rings (SSSR count). The smallest absolute Gasteiger partial charge is 0.226 e. The van der Waals surface area contributed by atoms with Gasteiger partial charge in [-0.3, -0.25) is 4.79 Å². The number of nitrogens with two attached hydrogens (primary N) is 1. The first-order chi connectivity index (χ1) is 10.5. The SMILES string of the molecule is COc1cc(C)ccc1OCCC(=O)N1CCC(N)CC1C. The Morgan fingerprint density at radius 2 is 2.18 bits per heavy atom. The van der Waals surface area contributed by atoms with Crippen LogP contribution >= 0.6 is 0 Å². The summed E-state index contributed by atoms with van der Waals surface area (Å²) in [5.74, 6) is 1.50. The Balaban J connectivity index is 1.84. The molecule has 0 aliphatic carbocycles. The van der Waals surface area contributed by atoms with Crippen LogP contribution in [0.5, 0.6) is 11.5 Å². The van der Waals surface area contributed by atoms with Crippen molar-refractivity contribution in [3.8, 4) is 11.5 Å². The van der Waals surface area contributed by atoms with Gasteiger partial charge in [-0.1, -0.05) is 6.07 Å². The summed E-state index contributed by atoms with van der Waals surface area (Å²) in [6.45, 7) is 5.15. The molecule has 1 aliphatic heterocycles. The Morgan fingerprint density at radius 3 is 2.86 bits per heavy atom. The van der Waals surface area contributed by atoms with Crippen LogP contribution in [0.3, 0.4) is 0 Å². The van der Waals surface area contributed by atoms with Crippen molar-refractivity contribution in [1.82, 2.24) is 4.90 Å². The van der Waals surface area contributed by atoms with Crippen LogP contribution in [0.15, 0.2) is 18.2 Å². The maximum atomic E-state index is 12.3. The number of aryl methyl sites for hydroxylation is 1. The Hall–Kier alpha value is -1.75. The molecule has 1 aliphatic rings. The zero-order valence-corrected chi connectivity index (χ0v) is 13.7. The van der Waals surface area contributed by atoms with Gasteiger partial charge in [0, 0.05) is 18.6 Å². The number of benzene rings is 1. The number of ether oxygens (including phenoxy) is 2. The molecule has 1 aromatic rings. The Labute approximate surface area is 132 Å². The Bertz CT molecular complexity index is 519. The molecule has 22 heavy (non-hydrogen) atoms. The third-order valence-corrected chi connectivity index (χ3v) is 4.13. The molecule has 2 unspecified atom stereocenters. The second-order valence-corrected chi connectivity index (χ2v) is 5.97. The van der Waals surface area contributed by atoms with Crippen LogP contribution in [0.1, 0.15) is 31.7 Å². The van der Waals surface area contributed by atoms with E-state index in [4.69, 9.17) is 15.2 Å². The van der Waals surface area contributed by atoms with Crippen molar-refractivity contribution in [3.05, 3.63) is 23.8 Å². The van der Waals surface area contributed by atoms with Crippen LogP contribution < -0.4 is 15.2 Å². The maximum Gasteiger partial charge on any atom is 0.226 e. The van der Waals surface area contributed by atoms with Crippen molar-refractivity contribution in [2.45, 2.75) is 45.2 Å². The average Bonchev–Trinajstić information content (AvgIpc) is 2.48. The van der Waals surface area contributed by atoms with E-state index >= 15 is 0 Å². The van der Waals surface area contributed by atoms with E-state index in [1.54, 1.807) is 7.11 Å². The van der Waals surface area contributed by atoms with Crippen molar-refractivity contribution < 1.29 is 14.3 Å². The van der Waals surface area contributed by atoms with Crippen LogP contribution in [0.4, 0.5) is 0 Å². The summed E-state index contributed by atoms with van der Waals surface area (Å²) in [5, 5.41) is 0. The summed E-state index contributed by atoms with van der Waals surface area (Å²) in [6, 6.07) is 6.19. The van der Waals surface area contributed by atoms with Gasteiger partial charge < -0.3 is 20.1 Å². The molecule has 0 saturated carbocycles. The first-order valence-corrected chi connectivity index (χ1v) is 7.83. The summed E-state index contributed by atoms with van der Waals surface area (Å²) in [6.07, 6.45) is 2.12. The van der Waals surface area contributed by atoms with Crippen LogP contribution in [0, 0.1) is 6.92 Å². The number of hydrogen-bond acceptors (Lipinski definition) is 4. The van der Waals surface area contributed by atoms with Crippen LogP contribution in [0.25, 0.3) is 0 Å². The zero-order chi connectivity index (χ0) is 16.1. The minimum Gasteiger partial charge on any atom is -0.493 e. The highest BCUT2D eigenvalue weighted by Crippen LogP contribution is 2.28. The molecular formula is C17H26N2O3. The quantitative estimate of drug-likeness (QED) is 0.905. The lowest BCUT2D eigenvalue weighted by molar-refractivity contribution is -0.135. The predicted octanol–water partition coefficient (Wildman–Crippen LogP) is 2.11. The van der Waals surface area contributed by atoms with Gasteiger partial charge in [-0.25, -0.2) is 0 Å². The van der Waals surface area contributed by atoms with E-state index in [1.165, 1.54) is 0 Å². The summed E-state index contributed by atoms with van der Waals surface area (Å²) < 4.78 is 11.0. The van der Waals surface area contributed by atoms with Gasteiger partial charge in [0.05, 0.1) is 20.1 Å². The van der Waals surface area contributed by atoms with Gasteiger partial charge in [0.15, 0.2) is 11.5 Å². The number of rotatable bonds is 5. The fourth-order valence-corrected chi connectivity index (χ4v) is 2.86. The normalized spacial score (nSPS) is 21.5. The van der Waals surface area contributed by atoms with Gasteiger partial charge in [-0.2, -0.15) is 0 Å². The molecule has 5 nitrogen and oxygen atoms in total. The molecule has 122 valence electrons. The van der Waals surface area contributed by atoms with E-state index < -0.39 is 0 Å². The van der Waals surface area contributed by atoms with E-state index in [9.17, 15) is 4.79 Å². The molecule has 1 amide bonds. The van der Waals surface area contributed by atoms with Crippen LogP contribution in [-0.4, -0.2) is 43.2 Å². The van der Waals surface area contributed by atoms with E-state index in [2.05, 4.69) is 6.92 Å². The number of amides is 1. The highest BCUT2D eigenvalue weighted by atomic mass is 16.5. The topological polar surface area (TPSA) is 64.8 Å². The Kier molecular flexibility index (Phi) is 5.66. The van der Waals surface area contributed by atoms with Crippen molar-refractivity contribution in [1.29, 1.82) is 0 Å². The van der Waals surface area contributed by atoms with E-state index in [0.29, 0.717) is 24.5 Å². The first kappa shape index (κ1) is 16.6. The summed E-state index contributed by atoms with van der Waals surface area (Å²) >= 11 is 0. The average molecular weight is 306 g/mol. The predicted molar refractivity (Wildman–Crippen MR) is 86.2 cm³/mol. The number of carbonyl (C=O) groups excluding carboxylic acids is 1. The second-order valence-electron chi connectivity index (χ2n) is 5.97. The van der Waals surface area contributed by atoms with Gasteiger partial charge in [0.2, 0.25) is 5.91 Å². The summed E-state index contributed by atoms with van der Waals surface area (Å²) in [7, 11) is 1.62. The molecule has 5 heteroatoms. The number of carbonyl (C=O) groups is 1. The van der Waals surface area contributed by atoms with Gasteiger partial charge in [0.1, 0.15) is 0 Å². The van der Waals surface area contributed by atoms with Crippen LogP contribution in [0.2, 0.25) is 0 Å². The second kappa shape index (κ2) is 7.49. The van der Waals surface area contributed by atoms with E-state index in [-0.39, 0.29) is 18.0 Å². The number of methoxy groups -OCH3 is 1. The minimum absolute atomic E-state index is 0.130. The molecular weight excluding hydrogens is 280 g/mol. The molecule has 2 N–H and O–H groups in total. The van der Waals surface area contributed by atoms with Crippen LogP contribution in [-0.2, 0) is 4.79 Å². The molecule has 0 radical (unpaired) electrons. The third kappa shape index (κ3) is 4.13. The Morgan fingerprint density at radius 1 is 1.41 bits per heavy atom. The van der Waals surface area contributed by atoms with Gasteiger partial charge in [-0.05, 0) is 44.4 Å². The molecule has 0 spiro atoms. The summed E-state index contributed by atoms with van der Waals surface area (Å²) in [5.41, 5.74) is 7.04. The van der Waals surface area contributed by atoms with Gasteiger partial charge >= 0.3 is 0 Å². The van der Waals surface area contributed by atoms with Crippen molar-refractivity contribution in [2.24, 2.45) is 5.73 Å². The molecule has 0 bridgehead atoms. The first-order valence-electron chi connectivity index (χ1n) is 7.83. The standard InChI is InChI=1S/C17H26N2O3/c1-12-4-5-15(16(10-12)21-3)22-9-7-17(20)19-8-6-14(18)11-13(19)2/h4-5,10,13-14H,6-9,11,18H2,1-3H3. The number of nitrogens with zero attached hydrogens (tertiary/aromatic N) is 1. The van der Waals surface area contributed by atoms with Crippen molar-refractivity contribution in [3.63, 3.8) is 0 Å². The highest BCUT2D eigenvalue weighted by molar-refractivity contribution is 5.76. The molecule has 1 fully saturated rings. The minimum atomic E-state index is 0.130. The zero-order valence-electron chi connectivity index (χ0n) is 13.7. The fourth-order valence-electron chi connectivity index (χ4n) is 2.86. The maximum absolute atomic E-state index is 12.3.